The molecule has 4 heteroatoms. The van der Waals surface area contributed by atoms with E-state index in [1.54, 1.807) is 0 Å². The fraction of sp³-hybridized carbons (Fsp3) is 0.500. The topological polar surface area (TPSA) is 36.3 Å². The van der Waals surface area contributed by atoms with E-state index in [9.17, 15) is 5.26 Å². The molecule has 0 aromatic heterocycles. The molecule has 0 spiro atoms. The van der Waals surface area contributed by atoms with E-state index in [1.807, 2.05) is 24.3 Å². The number of morpholine rings is 1. The van der Waals surface area contributed by atoms with Gasteiger partial charge in [0.25, 0.3) is 0 Å². The Morgan fingerprint density at radius 2 is 2.06 bits per heavy atom. The van der Waals surface area contributed by atoms with Crippen molar-refractivity contribution >= 4 is 11.6 Å². The van der Waals surface area contributed by atoms with Gasteiger partial charge in [0, 0.05) is 18.1 Å². The number of halogens is 1. The van der Waals surface area contributed by atoms with Gasteiger partial charge in [-0.2, -0.15) is 5.26 Å². The third kappa shape index (κ3) is 3.02. The Kier molecular flexibility index (Phi) is 3.91. The molecule has 1 atom stereocenters. The van der Waals surface area contributed by atoms with Crippen molar-refractivity contribution in [3.05, 3.63) is 34.9 Å². The lowest BCUT2D eigenvalue weighted by Gasteiger charge is -2.40. The van der Waals surface area contributed by atoms with Gasteiger partial charge in [-0.05, 0) is 31.5 Å². The average molecular weight is 265 g/mol. The Balaban J connectivity index is 2.19. The summed E-state index contributed by atoms with van der Waals surface area (Å²) in [4.78, 5) is 2.16. The number of nitrogens with zero attached hydrogens (tertiary/aromatic N) is 2. The largest absolute Gasteiger partial charge is 0.373 e. The van der Waals surface area contributed by atoms with E-state index in [2.05, 4.69) is 24.8 Å². The van der Waals surface area contributed by atoms with Crippen LogP contribution in [0.1, 0.15) is 25.5 Å². The van der Waals surface area contributed by atoms with Crippen molar-refractivity contribution in [2.75, 3.05) is 19.7 Å². The summed E-state index contributed by atoms with van der Waals surface area (Å²) in [5, 5.41) is 10.1. The first-order chi connectivity index (χ1) is 8.52. The minimum atomic E-state index is -0.231. The van der Waals surface area contributed by atoms with Gasteiger partial charge >= 0.3 is 0 Å². The first-order valence-corrected chi connectivity index (χ1v) is 6.43. The van der Waals surface area contributed by atoms with E-state index in [1.165, 1.54) is 0 Å². The summed E-state index contributed by atoms with van der Waals surface area (Å²) in [6, 6.07) is 9.62. The van der Waals surface area contributed by atoms with Crippen LogP contribution in [0, 0.1) is 11.3 Å². The Hall–Kier alpha value is -1.08. The first kappa shape index (κ1) is 13.4. The zero-order valence-corrected chi connectivity index (χ0v) is 11.4. The molecule has 1 aromatic carbocycles. The lowest BCUT2D eigenvalue weighted by Crippen LogP contribution is -2.49. The van der Waals surface area contributed by atoms with E-state index >= 15 is 0 Å². The molecule has 1 aromatic rings. The van der Waals surface area contributed by atoms with Crippen molar-refractivity contribution in [1.82, 2.24) is 4.90 Å². The maximum Gasteiger partial charge on any atom is 0.124 e. The number of rotatable bonds is 2. The van der Waals surface area contributed by atoms with Crippen LogP contribution >= 0.6 is 11.6 Å². The molecule has 0 aliphatic carbocycles. The van der Waals surface area contributed by atoms with Gasteiger partial charge in [-0.25, -0.2) is 0 Å². The lowest BCUT2D eigenvalue weighted by atomic mass is 10.0. The molecule has 1 aliphatic heterocycles. The highest BCUT2D eigenvalue weighted by Crippen LogP contribution is 2.27. The van der Waals surface area contributed by atoms with E-state index in [-0.39, 0.29) is 11.6 Å². The van der Waals surface area contributed by atoms with Crippen LogP contribution in [-0.2, 0) is 4.74 Å². The Morgan fingerprint density at radius 3 is 2.61 bits per heavy atom. The zero-order chi connectivity index (χ0) is 13.2. The molecule has 3 nitrogen and oxygen atoms in total. The van der Waals surface area contributed by atoms with Crippen LogP contribution in [0.4, 0.5) is 0 Å². The van der Waals surface area contributed by atoms with Crippen LogP contribution in [0.15, 0.2) is 24.3 Å². The molecule has 0 saturated carbocycles. The fourth-order valence-corrected chi connectivity index (χ4v) is 2.41. The lowest BCUT2D eigenvalue weighted by molar-refractivity contribution is -0.0923. The van der Waals surface area contributed by atoms with Crippen LogP contribution in [-0.4, -0.2) is 30.2 Å². The van der Waals surface area contributed by atoms with Gasteiger partial charge in [-0.15, -0.1) is 0 Å². The molecule has 1 fully saturated rings. The summed E-state index contributed by atoms with van der Waals surface area (Å²) in [6.07, 6.45) is 0. The number of hydrogen-bond donors (Lipinski definition) is 0. The van der Waals surface area contributed by atoms with Gasteiger partial charge < -0.3 is 4.74 Å². The highest BCUT2D eigenvalue weighted by atomic mass is 35.5. The number of benzene rings is 1. The maximum absolute atomic E-state index is 9.41. The van der Waals surface area contributed by atoms with E-state index in [4.69, 9.17) is 16.3 Å². The summed E-state index contributed by atoms with van der Waals surface area (Å²) in [5.74, 6) is 0. The average Bonchev–Trinajstić information content (AvgIpc) is 2.31. The molecule has 0 radical (unpaired) electrons. The predicted molar refractivity (Wildman–Crippen MR) is 71.4 cm³/mol. The number of hydrogen-bond acceptors (Lipinski definition) is 3. The molecule has 0 amide bonds. The van der Waals surface area contributed by atoms with Crippen molar-refractivity contribution < 1.29 is 4.74 Å². The van der Waals surface area contributed by atoms with Gasteiger partial charge in [0.05, 0.1) is 18.3 Å². The van der Waals surface area contributed by atoms with Crippen molar-refractivity contribution in [2.24, 2.45) is 0 Å². The standard InChI is InChI=1S/C14H17ClN2O/c1-14(2)10-17(7-8-18-14)13(9-16)11-3-5-12(15)6-4-11/h3-6,13H,7-8,10H2,1-2H3. The summed E-state index contributed by atoms with van der Waals surface area (Å²) >= 11 is 5.87. The second kappa shape index (κ2) is 5.27. The third-order valence-electron chi connectivity index (χ3n) is 3.13. The van der Waals surface area contributed by atoms with Crippen molar-refractivity contribution in [2.45, 2.75) is 25.5 Å². The van der Waals surface area contributed by atoms with Crippen molar-refractivity contribution in [1.29, 1.82) is 5.26 Å². The first-order valence-electron chi connectivity index (χ1n) is 6.05. The van der Waals surface area contributed by atoms with Crippen LogP contribution in [0.25, 0.3) is 0 Å². The maximum atomic E-state index is 9.41. The molecule has 96 valence electrons. The molecule has 2 rings (SSSR count). The summed E-state index contributed by atoms with van der Waals surface area (Å²) in [5.41, 5.74) is 0.791. The number of ether oxygens (including phenoxy) is 1. The van der Waals surface area contributed by atoms with Crippen molar-refractivity contribution in [3.63, 3.8) is 0 Å². The van der Waals surface area contributed by atoms with Gasteiger partial charge in [-0.3, -0.25) is 4.90 Å². The van der Waals surface area contributed by atoms with Gasteiger partial charge in [0.15, 0.2) is 0 Å². The Bertz CT molecular complexity index is 450. The Labute approximate surface area is 113 Å². The summed E-state index contributed by atoms with van der Waals surface area (Å²) < 4.78 is 5.67. The molecule has 0 N–H and O–H groups in total. The minimum Gasteiger partial charge on any atom is -0.373 e. The highest BCUT2D eigenvalue weighted by molar-refractivity contribution is 6.30. The molecule has 1 unspecified atom stereocenters. The Morgan fingerprint density at radius 1 is 1.39 bits per heavy atom. The molecule has 1 aliphatic rings. The minimum absolute atomic E-state index is 0.195. The molecule has 18 heavy (non-hydrogen) atoms. The van der Waals surface area contributed by atoms with E-state index in [0.717, 1.165) is 18.7 Å². The van der Waals surface area contributed by atoms with Gasteiger partial charge in [0.1, 0.15) is 6.04 Å². The highest BCUT2D eigenvalue weighted by Gasteiger charge is 2.31. The predicted octanol–water partition coefficient (Wildman–Crippen LogP) is 3.02. The van der Waals surface area contributed by atoms with Crippen molar-refractivity contribution in [3.8, 4) is 6.07 Å². The molecular weight excluding hydrogens is 248 g/mol. The molecule has 1 saturated heterocycles. The molecule has 1 heterocycles. The van der Waals surface area contributed by atoms with Crippen LogP contribution in [0.5, 0.6) is 0 Å². The normalized spacial score (nSPS) is 21.2. The van der Waals surface area contributed by atoms with Gasteiger partial charge in [-0.1, -0.05) is 23.7 Å². The van der Waals surface area contributed by atoms with Crippen LogP contribution < -0.4 is 0 Å². The van der Waals surface area contributed by atoms with E-state index in [0.29, 0.717) is 11.6 Å². The smallest absolute Gasteiger partial charge is 0.124 e. The van der Waals surface area contributed by atoms with Crippen LogP contribution in [0.2, 0.25) is 5.02 Å². The quantitative estimate of drug-likeness (QED) is 0.824. The SMILES string of the molecule is CC1(C)CN(C(C#N)c2ccc(Cl)cc2)CCO1. The van der Waals surface area contributed by atoms with E-state index < -0.39 is 0 Å². The molecule has 0 bridgehead atoms. The second-order valence-electron chi connectivity index (χ2n) is 5.16. The zero-order valence-electron chi connectivity index (χ0n) is 10.7. The summed E-state index contributed by atoms with van der Waals surface area (Å²) in [6.45, 7) is 6.31. The molecular formula is C14H17ClN2O. The van der Waals surface area contributed by atoms with Crippen LogP contribution in [0.3, 0.4) is 0 Å². The fourth-order valence-electron chi connectivity index (χ4n) is 2.29. The summed E-state index contributed by atoms with van der Waals surface area (Å²) in [7, 11) is 0. The second-order valence-corrected chi connectivity index (χ2v) is 5.60. The third-order valence-corrected chi connectivity index (χ3v) is 3.38. The van der Waals surface area contributed by atoms with Gasteiger partial charge in [0.2, 0.25) is 0 Å². The monoisotopic (exact) mass is 264 g/mol. The number of nitriles is 1.